The molecule has 8 rings (SSSR count). The van der Waals surface area contributed by atoms with Gasteiger partial charge in [-0.3, -0.25) is 4.98 Å². The van der Waals surface area contributed by atoms with Gasteiger partial charge < -0.3 is 4.57 Å². The van der Waals surface area contributed by atoms with Crippen molar-refractivity contribution in [2.75, 3.05) is 0 Å². The number of thiophene rings is 1. The quantitative estimate of drug-likeness (QED) is 0.118. The predicted molar refractivity (Wildman–Crippen MR) is 260 cm³/mol. The monoisotopic (exact) mass is 1050 g/mol. The molecule has 0 aliphatic carbocycles. The molecule has 0 aliphatic heterocycles. The molecule has 3 aromatic heterocycles. The minimum atomic E-state index is -2.29. The van der Waals surface area contributed by atoms with Gasteiger partial charge in [-0.2, -0.15) is 11.3 Å². The average Bonchev–Trinajstić information content (AvgIpc) is 3.78. The maximum absolute atomic E-state index is 8.90. The van der Waals surface area contributed by atoms with Crippen LogP contribution in [0.15, 0.2) is 109 Å². The van der Waals surface area contributed by atoms with Gasteiger partial charge in [-0.05, 0) is 51.2 Å². The van der Waals surface area contributed by atoms with Gasteiger partial charge in [0.25, 0.3) is 0 Å². The maximum Gasteiger partial charge on any atom is 0 e. The van der Waals surface area contributed by atoms with Crippen LogP contribution < -0.4 is 4.40 Å². The molecule has 3 nitrogen and oxygen atoms in total. The van der Waals surface area contributed by atoms with Crippen LogP contribution in [0.5, 0.6) is 0 Å². The van der Waals surface area contributed by atoms with E-state index in [-0.39, 0.29) is 25.5 Å². The third-order valence-corrected chi connectivity index (χ3v) is 16.2. The second kappa shape index (κ2) is 17.9. The molecule has 0 spiro atoms. The van der Waals surface area contributed by atoms with Gasteiger partial charge in [0.15, 0.2) is 0 Å². The molecule has 8 aromatic rings. The van der Waals surface area contributed by atoms with E-state index in [0.29, 0.717) is 11.8 Å². The van der Waals surface area contributed by atoms with Crippen molar-refractivity contribution < 1.29 is 22.8 Å². The fourth-order valence-corrected chi connectivity index (χ4v) is 11.8. The minimum absolute atomic E-state index is 0. The van der Waals surface area contributed by atoms with Crippen LogP contribution in [-0.4, -0.2) is 27.8 Å². The normalized spacial score (nSPS) is 13.1. The zero-order chi connectivity index (χ0) is 44.2. The molecule has 0 aliphatic rings. The standard InChI is InChI=1S/C31H27N2S.C23H34GeN.Ir/c1-19(2)22-11-9-12-23(20(3)4)30(22)33-27-14-7-6-13-26(27)32-31(33)21-16-17-29-25(18-21)24-10-5-8-15-28(24)34-29;1-22(2,3)15-18-14-21(25-16-20(18)24(7,8)9)17-11-10-12-19(13-17)23(4,5)6;/h5-15,17-20H,1-4H3;10,12-14,16H,15H2,1-9H3;/q2*-1;/i;15D2;. The van der Waals surface area contributed by atoms with Gasteiger partial charge in [-0.15, -0.1) is 23.8 Å². The van der Waals surface area contributed by atoms with Crippen LogP contribution in [0.1, 0.15) is 106 Å². The van der Waals surface area contributed by atoms with Crippen LogP contribution in [0.25, 0.3) is 59.5 Å². The van der Waals surface area contributed by atoms with Crippen molar-refractivity contribution in [2.45, 2.75) is 110 Å². The van der Waals surface area contributed by atoms with E-state index in [2.05, 4.69) is 173 Å². The van der Waals surface area contributed by atoms with Gasteiger partial charge in [0.05, 0.1) is 16.9 Å². The molecule has 0 atom stereocenters. The summed E-state index contributed by atoms with van der Waals surface area (Å²) in [5, 5.41) is 2.57. The third-order valence-electron chi connectivity index (χ3n) is 10.8. The Morgan fingerprint density at radius 3 is 2.07 bits per heavy atom. The van der Waals surface area contributed by atoms with E-state index in [0.717, 1.165) is 43.6 Å². The van der Waals surface area contributed by atoms with E-state index in [1.807, 2.05) is 50.4 Å². The number of hydrogen-bond donors (Lipinski definition) is 0. The molecule has 0 amide bonds. The van der Waals surface area contributed by atoms with Crippen molar-refractivity contribution in [1.29, 1.82) is 0 Å². The van der Waals surface area contributed by atoms with E-state index in [9.17, 15) is 0 Å². The van der Waals surface area contributed by atoms with Crippen molar-refractivity contribution >= 4 is 60.2 Å². The van der Waals surface area contributed by atoms with Gasteiger partial charge in [-0.1, -0.05) is 81.6 Å². The van der Waals surface area contributed by atoms with Gasteiger partial charge in [-0.25, -0.2) is 0 Å². The molecule has 0 unspecified atom stereocenters. The summed E-state index contributed by atoms with van der Waals surface area (Å²) < 4.78 is 23.9. The van der Waals surface area contributed by atoms with E-state index in [1.165, 1.54) is 42.6 Å². The first kappa shape index (κ1) is 42.8. The topological polar surface area (TPSA) is 30.7 Å². The Kier molecular flexibility index (Phi) is 12.7. The Balaban J connectivity index is 0.000000210. The van der Waals surface area contributed by atoms with Gasteiger partial charge in [0.2, 0.25) is 0 Å². The van der Waals surface area contributed by atoms with Crippen LogP contribution in [0.3, 0.4) is 0 Å². The Morgan fingerprint density at radius 1 is 0.750 bits per heavy atom. The predicted octanol–water partition coefficient (Wildman–Crippen LogP) is 15.1. The summed E-state index contributed by atoms with van der Waals surface area (Å²) in [6.07, 6.45) is 0.506. The zero-order valence-electron chi connectivity index (χ0n) is 39.6. The van der Waals surface area contributed by atoms with E-state index in [1.54, 1.807) is 0 Å². The molecule has 0 saturated heterocycles. The Bertz CT molecular complexity index is 2840. The van der Waals surface area contributed by atoms with Crippen LogP contribution in [-0.2, 0) is 31.9 Å². The van der Waals surface area contributed by atoms with E-state index in [4.69, 9.17) is 12.7 Å². The number of hydrogen-bond acceptors (Lipinski definition) is 3. The first-order valence-electron chi connectivity index (χ1n) is 22.1. The van der Waals surface area contributed by atoms with Crippen molar-refractivity contribution in [1.82, 2.24) is 14.5 Å². The molecule has 1 radical (unpaired) electrons. The molecule has 5 aromatic carbocycles. The summed E-state index contributed by atoms with van der Waals surface area (Å²) in [6.45, 7) is 21.6. The number of rotatable bonds is 7. The Morgan fingerprint density at radius 2 is 1.42 bits per heavy atom. The van der Waals surface area contributed by atoms with Crippen molar-refractivity contribution in [3.8, 4) is 28.3 Å². The molecule has 60 heavy (non-hydrogen) atoms. The number of fused-ring (bicyclic) bond motifs is 4. The number of aromatic nitrogens is 3. The molecule has 6 heteroatoms. The van der Waals surface area contributed by atoms with Crippen LogP contribution in [0.4, 0.5) is 0 Å². The van der Waals surface area contributed by atoms with E-state index < -0.39 is 25.1 Å². The molecule has 0 saturated carbocycles. The number of pyridine rings is 1. The maximum atomic E-state index is 8.90. The average molecular weight is 1050 g/mol. The van der Waals surface area contributed by atoms with Gasteiger partial charge >= 0.3 is 160 Å². The summed E-state index contributed by atoms with van der Waals surface area (Å²) in [4.78, 5) is 9.91. The zero-order valence-corrected chi connectivity index (χ0v) is 42.9. The largest absolute Gasteiger partial charge is 0 e. The smallest absolute Gasteiger partial charge is 0 e. The Labute approximate surface area is 382 Å². The molecule has 313 valence electrons. The van der Waals surface area contributed by atoms with E-state index >= 15 is 0 Å². The summed E-state index contributed by atoms with van der Waals surface area (Å²) in [5.41, 5.74) is 10.5. The van der Waals surface area contributed by atoms with Crippen LogP contribution in [0, 0.1) is 17.5 Å². The SMILES string of the molecule is CC(C)c1cccc(C(C)C)c1-n1c(-c2[c-]cc3sc4ccccc4c3c2)nc2ccccc21.[2H]C([2H])(c1cc(-c2[c-]ccc(C(C)(C)C)c2)nc[c]1[Ge]([CH3])([CH3])[CH3])C(C)(C)C.[Ir]. The summed E-state index contributed by atoms with van der Waals surface area (Å²) >= 11 is -0.464. The number of benzene rings is 5. The number of para-hydroxylation sites is 3. The van der Waals surface area contributed by atoms with Crippen molar-refractivity contribution in [3.05, 3.63) is 144 Å². The second-order valence-electron chi connectivity index (χ2n) is 19.6. The third kappa shape index (κ3) is 9.76. The molecule has 0 fully saturated rings. The molecule has 0 bridgehead atoms. The van der Waals surface area contributed by atoms with Crippen LogP contribution in [0.2, 0.25) is 17.3 Å². The van der Waals surface area contributed by atoms with Crippen LogP contribution >= 0.6 is 11.3 Å². The first-order valence-corrected chi connectivity index (χ1v) is 29.2. The molecule has 0 N–H and O–H groups in total. The molecule has 3 heterocycles. The fraction of sp³-hybridized carbons (Fsp3) is 0.333. The summed E-state index contributed by atoms with van der Waals surface area (Å²) in [5.74, 6) is 8.64. The van der Waals surface area contributed by atoms with Gasteiger partial charge in [0, 0.05) is 30.5 Å². The Hall–Kier alpha value is -3.87. The first-order chi connectivity index (χ1) is 28.6. The van der Waals surface area contributed by atoms with Crippen molar-refractivity contribution in [2.24, 2.45) is 5.41 Å². The van der Waals surface area contributed by atoms with Gasteiger partial charge in [0.1, 0.15) is 0 Å². The number of nitrogens with zero attached hydrogens (tertiary/aromatic N) is 3. The summed E-state index contributed by atoms with van der Waals surface area (Å²) in [6, 6.07) is 43.3. The summed E-state index contributed by atoms with van der Waals surface area (Å²) in [7, 11) is 0. The second-order valence-corrected chi connectivity index (χ2v) is 31.2. The molecular formula is C54H61GeIrN3S-2. The number of imidazole rings is 1. The van der Waals surface area contributed by atoms with Crippen molar-refractivity contribution in [3.63, 3.8) is 0 Å². The minimum Gasteiger partial charge on any atom is 0 e. The fourth-order valence-electron chi connectivity index (χ4n) is 7.79. The molecular weight excluding hydrogens is 988 g/mol.